The number of hydrogen-bond acceptors (Lipinski definition) is 11. The molecule has 2 N–H and O–H groups in total. The molecular formula is C46H75NO11. The Labute approximate surface area is 347 Å². The molecule has 12 nitrogen and oxygen atoms in total. The first-order valence-electron chi connectivity index (χ1n) is 21.8. The molecule has 1 amide bonds. The Hall–Kier alpha value is -2.48. The minimum Gasteiger partial charge on any atom is -0.456 e. The lowest BCUT2D eigenvalue weighted by Crippen LogP contribution is -2.64. The summed E-state index contributed by atoms with van der Waals surface area (Å²) in [5.41, 5.74) is 1.81. The number of fused-ring (bicyclic) bond motifs is 3. The molecule has 1 saturated carbocycles. The molecule has 2 bridgehead atoms. The third kappa shape index (κ3) is 11.3. The van der Waals surface area contributed by atoms with E-state index in [0.29, 0.717) is 31.6 Å². The zero-order valence-corrected chi connectivity index (χ0v) is 37.5. The highest BCUT2D eigenvalue weighted by atomic mass is 16.7. The van der Waals surface area contributed by atoms with Crippen LogP contribution in [0.5, 0.6) is 0 Å². The number of carbonyl (C=O) groups is 4. The van der Waals surface area contributed by atoms with Gasteiger partial charge in [0.25, 0.3) is 11.7 Å². The smallest absolute Gasteiger partial charge is 0.329 e. The summed E-state index contributed by atoms with van der Waals surface area (Å²) >= 11 is 0. The molecule has 2 saturated heterocycles. The number of nitrogens with zero attached hydrogens (tertiary/aromatic N) is 1. The lowest BCUT2D eigenvalue weighted by molar-refractivity contribution is -0.302. The minimum atomic E-state index is -2.49. The molecule has 4 rings (SSSR count). The molecule has 3 heterocycles. The summed E-state index contributed by atoms with van der Waals surface area (Å²) in [5, 5.41) is 23.7. The second-order valence-electron chi connectivity index (χ2n) is 19.3. The van der Waals surface area contributed by atoms with Crippen LogP contribution in [0.4, 0.5) is 0 Å². The molecule has 3 aliphatic heterocycles. The number of esters is 1. The van der Waals surface area contributed by atoms with Gasteiger partial charge in [0.05, 0.1) is 24.4 Å². The number of aliphatic hydroxyl groups excluding tert-OH is 1. The van der Waals surface area contributed by atoms with Gasteiger partial charge in [-0.2, -0.15) is 0 Å². The predicted octanol–water partition coefficient (Wildman–Crippen LogP) is 6.38. The molecule has 0 aromatic heterocycles. The van der Waals surface area contributed by atoms with Crippen LogP contribution in [-0.4, -0.2) is 115 Å². The van der Waals surface area contributed by atoms with Gasteiger partial charge in [0.2, 0.25) is 5.79 Å². The Morgan fingerprint density at radius 1 is 0.897 bits per heavy atom. The summed E-state index contributed by atoms with van der Waals surface area (Å²) in [4.78, 5) is 57.8. The van der Waals surface area contributed by atoms with Crippen LogP contribution in [-0.2, 0) is 42.9 Å². The van der Waals surface area contributed by atoms with Crippen molar-refractivity contribution in [1.82, 2.24) is 4.90 Å². The molecule has 4 aliphatic rings. The first-order chi connectivity index (χ1) is 27.2. The van der Waals surface area contributed by atoms with E-state index in [2.05, 4.69) is 33.8 Å². The first-order valence-corrected chi connectivity index (χ1v) is 21.8. The van der Waals surface area contributed by atoms with Gasteiger partial charge in [-0.15, -0.1) is 0 Å². The number of aliphatic hydroxyl groups is 2. The van der Waals surface area contributed by atoms with Gasteiger partial charge in [0.15, 0.2) is 0 Å². The van der Waals surface area contributed by atoms with E-state index in [1.54, 1.807) is 28.1 Å². The third-order valence-electron chi connectivity index (χ3n) is 13.7. The fraction of sp³-hybridized carbons (Fsp3) is 0.826. The molecular weight excluding hydrogens is 743 g/mol. The van der Waals surface area contributed by atoms with Gasteiger partial charge in [-0.3, -0.25) is 14.4 Å². The number of amides is 1. The van der Waals surface area contributed by atoms with Crippen molar-refractivity contribution in [3.63, 3.8) is 0 Å². The molecule has 0 aromatic carbocycles. The molecule has 2 unspecified atom stereocenters. The molecule has 0 radical (unpaired) electrons. The average Bonchev–Trinajstić information content (AvgIpc) is 3.17. The van der Waals surface area contributed by atoms with E-state index in [-0.39, 0.29) is 54.9 Å². The SMILES string of the molecule is CO[C@H]1C[C@@H](C)C/C(C)=C/C(C)C(=O)C[C@H](O)[C@@H](C)[C@@H](/C(C)=C/[C@@H]2CCC(C(C)(C)C)[C@H](OC)C2)OC(=O)[C@@H]2CCCCN2C(=O)C(=O)[C@]2(O)O[C@H]1[C@@H](OC)C[C@H]2C. The molecule has 330 valence electrons. The number of rotatable bonds is 5. The Kier molecular flexibility index (Phi) is 16.9. The van der Waals surface area contributed by atoms with Gasteiger partial charge >= 0.3 is 5.97 Å². The van der Waals surface area contributed by atoms with E-state index < -0.39 is 77.8 Å². The van der Waals surface area contributed by atoms with Crippen LogP contribution < -0.4 is 0 Å². The van der Waals surface area contributed by atoms with E-state index in [1.807, 2.05) is 26.8 Å². The van der Waals surface area contributed by atoms with E-state index in [9.17, 15) is 29.4 Å². The summed E-state index contributed by atoms with van der Waals surface area (Å²) in [5.74, 6) is -6.87. The fourth-order valence-corrected chi connectivity index (χ4v) is 10.2. The predicted molar refractivity (Wildman–Crippen MR) is 220 cm³/mol. The van der Waals surface area contributed by atoms with E-state index in [1.165, 1.54) is 12.0 Å². The maximum atomic E-state index is 14.4. The second-order valence-corrected chi connectivity index (χ2v) is 19.3. The number of ketones is 2. The van der Waals surface area contributed by atoms with Crippen LogP contribution >= 0.6 is 0 Å². The van der Waals surface area contributed by atoms with Gasteiger partial charge in [-0.1, -0.05) is 66.2 Å². The monoisotopic (exact) mass is 818 g/mol. The van der Waals surface area contributed by atoms with Crippen LogP contribution in [0.15, 0.2) is 23.3 Å². The average molecular weight is 818 g/mol. The second kappa shape index (κ2) is 20.4. The number of allylic oxidation sites excluding steroid dienone is 3. The van der Waals surface area contributed by atoms with Gasteiger partial charge < -0.3 is 38.8 Å². The van der Waals surface area contributed by atoms with Crippen molar-refractivity contribution in [2.24, 2.45) is 40.9 Å². The van der Waals surface area contributed by atoms with Gasteiger partial charge in [0, 0.05) is 52.0 Å². The van der Waals surface area contributed by atoms with Crippen molar-refractivity contribution in [2.45, 2.75) is 175 Å². The maximum absolute atomic E-state index is 14.4. The molecule has 0 spiro atoms. The lowest BCUT2D eigenvalue weighted by Gasteiger charge is -2.47. The number of ether oxygens (including phenoxy) is 5. The quantitative estimate of drug-likeness (QED) is 0.180. The van der Waals surface area contributed by atoms with Crippen LogP contribution in [0.25, 0.3) is 0 Å². The Balaban J connectivity index is 1.74. The number of piperidine rings is 1. The zero-order chi connectivity index (χ0) is 43.3. The molecule has 3 fully saturated rings. The molecule has 12 heteroatoms. The highest BCUT2D eigenvalue weighted by Gasteiger charge is 2.56. The first kappa shape index (κ1) is 48.2. The van der Waals surface area contributed by atoms with Gasteiger partial charge in [-0.05, 0) is 100 Å². The van der Waals surface area contributed by atoms with E-state index in [4.69, 9.17) is 23.7 Å². The number of cyclic esters (lactones) is 1. The standard InChI is InChI=1S/C46H75NO11/c1-26-19-27(2)21-38(55-11)41-39(56-12)23-30(5)46(53,58-41)42(50)43(51)47-18-14-13-15-34(47)44(52)57-40(31(6)36(49)25-35(48)28(3)20-26)29(4)22-32-16-17-33(45(7,8)9)37(24-32)54-10/h20,22,27-28,30-34,36-41,49,53H,13-19,21,23-25H2,1-12H3/b26-20+,29-22+/t27-,28?,30+,31+,32-,33?,34-,36-,37+,38-,39-,40+,41+,46+/m0/s1. The highest BCUT2D eigenvalue weighted by molar-refractivity contribution is 6.39. The number of Topliss-reactive ketones (excluding diaryl/α,β-unsaturated/α-hetero) is 2. The number of carbonyl (C=O) groups excluding carboxylic acids is 4. The Bertz CT molecular complexity index is 1500. The van der Waals surface area contributed by atoms with E-state index >= 15 is 0 Å². The lowest BCUT2D eigenvalue weighted by atomic mass is 9.67. The largest absolute Gasteiger partial charge is 0.456 e. The zero-order valence-electron chi connectivity index (χ0n) is 37.5. The third-order valence-corrected chi connectivity index (χ3v) is 13.7. The maximum Gasteiger partial charge on any atom is 0.329 e. The van der Waals surface area contributed by atoms with Crippen molar-refractivity contribution in [3.05, 3.63) is 23.3 Å². The van der Waals surface area contributed by atoms with Gasteiger partial charge in [0.1, 0.15) is 24.0 Å². The van der Waals surface area contributed by atoms with Crippen LogP contribution in [0.3, 0.4) is 0 Å². The van der Waals surface area contributed by atoms with Crippen molar-refractivity contribution in [2.75, 3.05) is 27.9 Å². The minimum absolute atomic E-state index is 0.0459. The topological polar surface area (TPSA) is 158 Å². The fourth-order valence-electron chi connectivity index (χ4n) is 10.2. The molecule has 14 atom stereocenters. The Morgan fingerprint density at radius 2 is 1.53 bits per heavy atom. The summed E-state index contributed by atoms with van der Waals surface area (Å²) in [6, 6.07) is -1.11. The summed E-state index contributed by atoms with van der Waals surface area (Å²) in [6.07, 6.45) is 5.38. The van der Waals surface area contributed by atoms with Crippen LogP contribution in [0, 0.1) is 40.9 Å². The molecule has 58 heavy (non-hydrogen) atoms. The summed E-state index contributed by atoms with van der Waals surface area (Å²) < 4.78 is 30.3. The van der Waals surface area contributed by atoms with E-state index in [0.717, 1.165) is 30.4 Å². The summed E-state index contributed by atoms with van der Waals surface area (Å²) in [6.45, 7) is 18.0. The normalized spacial score (nSPS) is 40.9. The number of methoxy groups -OCH3 is 3. The van der Waals surface area contributed by atoms with Crippen LogP contribution in [0.1, 0.15) is 127 Å². The van der Waals surface area contributed by atoms with Crippen molar-refractivity contribution >= 4 is 23.4 Å². The Morgan fingerprint density at radius 3 is 2.16 bits per heavy atom. The van der Waals surface area contributed by atoms with Crippen molar-refractivity contribution in [1.29, 1.82) is 0 Å². The molecule has 0 aromatic rings. The number of hydrogen-bond donors (Lipinski definition) is 2. The van der Waals surface area contributed by atoms with Crippen molar-refractivity contribution < 1.29 is 53.1 Å². The highest BCUT2D eigenvalue weighted by Crippen LogP contribution is 2.43. The van der Waals surface area contributed by atoms with Gasteiger partial charge in [-0.25, -0.2) is 4.79 Å². The summed E-state index contributed by atoms with van der Waals surface area (Å²) in [7, 11) is 4.83. The van der Waals surface area contributed by atoms with Crippen LogP contribution in [0.2, 0.25) is 0 Å². The van der Waals surface area contributed by atoms with Crippen molar-refractivity contribution in [3.8, 4) is 0 Å². The molecule has 1 aliphatic carbocycles.